The van der Waals surface area contributed by atoms with Gasteiger partial charge in [-0.3, -0.25) is 0 Å². The first-order valence-electron chi connectivity index (χ1n) is 20.1. The second kappa shape index (κ2) is 31.5. The molecule has 0 spiro atoms. The van der Waals surface area contributed by atoms with E-state index in [0.29, 0.717) is 64.2 Å². The first-order chi connectivity index (χ1) is 25.0. The Morgan fingerprint density at radius 2 is 0.635 bits per heavy atom. The molecule has 0 aliphatic carbocycles. The summed E-state index contributed by atoms with van der Waals surface area (Å²) in [6.45, 7) is 1.86. The maximum absolute atomic E-state index is 14.3. The van der Waals surface area contributed by atoms with Crippen LogP contribution in [0.1, 0.15) is 193 Å². The third-order valence-corrected chi connectivity index (χ3v) is 18.1. The lowest BCUT2D eigenvalue weighted by Gasteiger charge is -2.33. The number of unbranched alkanes of at least 4 members (excludes halogenated alkanes) is 24. The van der Waals surface area contributed by atoms with Gasteiger partial charge in [0.05, 0.1) is 18.2 Å². The van der Waals surface area contributed by atoms with Crippen molar-refractivity contribution in [1.82, 2.24) is 14.2 Å². The van der Waals surface area contributed by atoms with E-state index in [2.05, 4.69) is 39.3 Å². The summed E-state index contributed by atoms with van der Waals surface area (Å²) in [4.78, 5) is 0. The van der Waals surface area contributed by atoms with E-state index in [1.165, 1.54) is 0 Å². The van der Waals surface area contributed by atoms with Gasteiger partial charge in [0.2, 0.25) is 30.1 Å². The van der Waals surface area contributed by atoms with Crippen molar-refractivity contribution in [3.8, 4) is 18.2 Å². The van der Waals surface area contributed by atoms with Gasteiger partial charge in [-0.15, -0.1) is 0 Å². The SMILES string of the molecule is CCCCCCCCCC(S(=O)(=O)NCCCCCCCCC#N)(S(=O)(=O)NCCCCCCCCC#N)S(=O)(=O)NCCCCCCCCC#N. The molecule has 302 valence electrons. The Balaban J connectivity index is 6.04. The van der Waals surface area contributed by atoms with Crippen molar-refractivity contribution in [3.63, 3.8) is 0 Å². The molecule has 12 nitrogen and oxygen atoms in total. The summed E-state index contributed by atoms with van der Waals surface area (Å²) in [6.07, 6.45) is 20.0. The molecule has 0 aliphatic rings. The molecule has 52 heavy (non-hydrogen) atoms. The lowest BCUT2D eigenvalue weighted by molar-refractivity contribution is 0.502. The van der Waals surface area contributed by atoms with Crippen LogP contribution in [0.5, 0.6) is 0 Å². The monoisotopic (exact) mass is 790 g/mol. The van der Waals surface area contributed by atoms with Gasteiger partial charge in [-0.2, -0.15) is 15.8 Å². The van der Waals surface area contributed by atoms with Crippen molar-refractivity contribution in [2.45, 2.75) is 197 Å². The van der Waals surface area contributed by atoms with Crippen LogP contribution in [-0.4, -0.2) is 48.3 Å². The van der Waals surface area contributed by atoms with Gasteiger partial charge in [-0.1, -0.05) is 122 Å². The number of rotatable bonds is 38. The summed E-state index contributed by atoms with van der Waals surface area (Å²) in [5, 5.41) is 26.1. The highest BCUT2D eigenvalue weighted by molar-refractivity contribution is 8.24. The Bertz CT molecular complexity index is 1200. The predicted octanol–water partition coefficient (Wildman–Crippen LogP) is 8.30. The Hall–Kier alpha value is -1.80. The second-order valence-electron chi connectivity index (χ2n) is 13.8. The van der Waals surface area contributed by atoms with Crippen LogP contribution < -0.4 is 14.2 Å². The lowest BCUT2D eigenvalue weighted by atomic mass is 10.1. The zero-order valence-corrected chi connectivity index (χ0v) is 34.6. The molecule has 0 bridgehead atoms. The quantitative estimate of drug-likeness (QED) is 0.0513. The largest absolute Gasteiger partial charge is 0.313 e. The van der Waals surface area contributed by atoms with E-state index < -0.39 is 39.9 Å². The van der Waals surface area contributed by atoms with Crippen LogP contribution in [0, 0.1) is 34.0 Å². The lowest BCUT2D eigenvalue weighted by Crippen LogP contribution is -2.63. The van der Waals surface area contributed by atoms with E-state index in [4.69, 9.17) is 15.8 Å². The van der Waals surface area contributed by atoms with Crippen LogP contribution in [0.2, 0.25) is 0 Å². The average molecular weight is 791 g/mol. The number of hydrogen-bond donors (Lipinski definition) is 3. The molecule has 0 aliphatic heterocycles. The number of nitriles is 3. The van der Waals surface area contributed by atoms with Crippen molar-refractivity contribution in [3.05, 3.63) is 0 Å². The molecule has 0 aromatic carbocycles. The summed E-state index contributed by atoms with van der Waals surface area (Å²) in [7, 11) is -14.9. The van der Waals surface area contributed by atoms with Gasteiger partial charge in [0, 0.05) is 45.3 Å². The zero-order valence-electron chi connectivity index (χ0n) is 32.1. The Kier molecular flexibility index (Phi) is 30.4. The smallest absolute Gasteiger partial charge is 0.213 e. The number of nitrogens with one attached hydrogen (secondary N) is 3. The van der Waals surface area contributed by atoms with E-state index in [9.17, 15) is 25.3 Å². The molecule has 0 atom stereocenters. The van der Waals surface area contributed by atoms with Crippen LogP contribution in [-0.2, 0) is 30.1 Å². The fraction of sp³-hybridized carbons (Fsp3) is 0.919. The fourth-order valence-corrected chi connectivity index (χ4v) is 13.9. The third kappa shape index (κ3) is 21.2. The van der Waals surface area contributed by atoms with E-state index in [1.54, 1.807) is 0 Å². The van der Waals surface area contributed by atoms with Crippen LogP contribution in [0.15, 0.2) is 0 Å². The third-order valence-electron chi connectivity index (χ3n) is 9.34. The highest BCUT2D eigenvalue weighted by Crippen LogP contribution is 2.36. The Morgan fingerprint density at radius 1 is 0.385 bits per heavy atom. The van der Waals surface area contributed by atoms with Gasteiger partial charge in [0.25, 0.3) is 0 Å². The van der Waals surface area contributed by atoms with Gasteiger partial charge < -0.3 is 0 Å². The Labute approximate surface area is 318 Å². The van der Waals surface area contributed by atoms with Crippen molar-refractivity contribution in [1.29, 1.82) is 15.8 Å². The summed E-state index contributed by atoms with van der Waals surface area (Å²) in [6, 6.07) is 6.36. The van der Waals surface area contributed by atoms with Gasteiger partial charge in [0.1, 0.15) is 0 Å². The minimum absolute atomic E-state index is 0.0814. The van der Waals surface area contributed by atoms with Gasteiger partial charge in [-0.25, -0.2) is 39.4 Å². The number of sulfonamides is 3. The standard InChI is InChI=1S/C37H70N6O6S3/c1-2-3-4-5-9-16-23-30-37(50(44,45)41-34-27-20-13-6-10-17-24-31-38,51(46,47)42-35-28-21-14-7-11-18-25-32-39)52(48,49)43-36-29-22-15-8-12-19-26-33-40/h41-43H,2-30,34-36H2,1H3. The molecule has 0 aromatic heterocycles. The van der Waals surface area contributed by atoms with E-state index in [0.717, 1.165) is 109 Å². The van der Waals surface area contributed by atoms with Gasteiger partial charge in [-0.05, 0) is 44.9 Å². The first-order valence-corrected chi connectivity index (χ1v) is 24.5. The molecule has 0 unspecified atom stereocenters. The number of nitrogens with zero attached hydrogens (tertiary/aromatic N) is 3. The average Bonchev–Trinajstić information content (AvgIpc) is 3.10. The first kappa shape index (κ1) is 50.2. The van der Waals surface area contributed by atoms with Crippen molar-refractivity contribution < 1.29 is 25.3 Å². The van der Waals surface area contributed by atoms with Crippen LogP contribution in [0.4, 0.5) is 0 Å². The topological polar surface area (TPSA) is 210 Å². The molecule has 0 aromatic rings. The Morgan fingerprint density at radius 3 is 0.923 bits per heavy atom. The minimum Gasteiger partial charge on any atom is -0.213 e. The van der Waals surface area contributed by atoms with Crippen molar-refractivity contribution in [2.75, 3.05) is 19.6 Å². The molecule has 0 saturated heterocycles. The highest BCUT2D eigenvalue weighted by Gasteiger charge is 2.64. The molecule has 3 N–H and O–H groups in total. The molecule has 0 saturated carbocycles. The molecular weight excluding hydrogens is 721 g/mol. The molecule has 0 amide bonds. The summed E-state index contributed by atoms with van der Waals surface area (Å²) < 4.78 is 89.6. The summed E-state index contributed by atoms with van der Waals surface area (Å²) >= 11 is 0. The van der Waals surface area contributed by atoms with Crippen molar-refractivity contribution >= 4 is 30.1 Å². The van der Waals surface area contributed by atoms with E-state index >= 15 is 0 Å². The van der Waals surface area contributed by atoms with Crippen LogP contribution in [0.25, 0.3) is 0 Å². The number of hydrogen-bond acceptors (Lipinski definition) is 9. The highest BCUT2D eigenvalue weighted by atomic mass is 32.3. The molecular formula is C37H70N6O6S3. The van der Waals surface area contributed by atoms with E-state index in [1.807, 2.05) is 0 Å². The van der Waals surface area contributed by atoms with Gasteiger partial charge in [0.15, 0.2) is 0 Å². The summed E-state index contributed by atoms with van der Waals surface area (Å²) in [5.41, 5.74) is 0. The van der Waals surface area contributed by atoms with Crippen molar-refractivity contribution in [2.24, 2.45) is 0 Å². The zero-order chi connectivity index (χ0) is 38.9. The predicted molar refractivity (Wildman–Crippen MR) is 210 cm³/mol. The minimum atomic E-state index is -4.97. The summed E-state index contributed by atoms with van der Waals surface area (Å²) in [5.74, 6) is 0. The van der Waals surface area contributed by atoms with Gasteiger partial charge >= 0.3 is 3.41 Å². The second-order valence-corrected chi connectivity index (χ2v) is 20.6. The van der Waals surface area contributed by atoms with Crippen LogP contribution >= 0.6 is 0 Å². The molecule has 15 heteroatoms. The maximum atomic E-state index is 14.3. The normalized spacial score (nSPS) is 12.3. The van der Waals surface area contributed by atoms with Crippen LogP contribution in [0.3, 0.4) is 0 Å². The molecule has 0 radical (unpaired) electrons. The molecule has 0 fully saturated rings. The fourth-order valence-electron chi connectivity index (χ4n) is 6.19. The van der Waals surface area contributed by atoms with E-state index in [-0.39, 0.29) is 26.1 Å². The maximum Gasteiger partial charge on any atom is 0.313 e. The molecule has 0 heterocycles. The molecule has 0 rings (SSSR count).